The van der Waals surface area contributed by atoms with Gasteiger partial charge in [0.1, 0.15) is 10.8 Å². The minimum Gasteiger partial charge on any atom is -0.469 e. The van der Waals surface area contributed by atoms with Gasteiger partial charge in [-0.2, -0.15) is 0 Å². The Hall–Kier alpha value is -2.65. The first-order chi connectivity index (χ1) is 14.0. The van der Waals surface area contributed by atoms with Gasteiger partial charge in [0, 0.05) is 23.9 Å². The van der Waals surface area contributed by atoms with Gasteiger partial charge >= 0.3 is 0 Å². The minimum atomic E-state index is -0.280. The molecule has 0 spiro atoms. The van der Waals surface area contributed by atoms with Gasteiger partial charge in [0.2, 0.25) is 10.9 Å². The number of aryl methyl sites for hydroxylation is 1. The Labute approximate surface area is 177 Å². The molecule has 3 aromatic rings. The van der Waals surface area contributed by atoms with Crippen molar-refractivity contribution in [1.29, 1.82) is 0 Å². The first-order valence-corrected chi connectivity index (χ1v) is 11.1. The molecule has 1 aromatic carbocycles. The van der Waals surface area contributed by atoms with E-state index in [0.717, 1.165) is 17.0 Å². The molecule has 0 saturated carbocycles. The second-order valence-corrected chi connectivity index (χ2v) is 8.56. The Morgan fingerprint density at radius 1 is 1.21 bits per heavy atom. The van der Waals surface area contributed by atoms with E-state index in [1.165, 1.54) is 23.1 Å². The van der Waals surface area contributed by atoms with Crippen LogP contribution in [0.4, 0.5) is 5.69 Å². The van der Waals surface area contributed by atoms with E-state index in [9.17, 15) is 9.59 Å². The van der Waals surface area contributed by atoms with Gasteiger partial charge in [-0.15, -0.1) is 22.0 Å². The summed E-state index contributed by atoms with van der Waals surface area (Å²) >= 11 is 2.67. The number of thioether (sulfide) groups is 1. The molecular weight excluding hydrogens is 408 g/mol. The molecule has 0 unspecified atom stereocenters. The predicted octanol–water partition coefficient (Wildman–Crippen LogP) is 3.67. The quantitative estimate of drug-likeness (QED) is 0.538. The number of benzene rings is 1. The van der Waals surface area contributed by atoms with Crippen LogP contribution in [0.1, 0.15) is 33.1 Å². The number of para-hydroxylation sites is 1. The number of rotatable bonds is 9. The Morgan fingerprint density at radius 2 is 2.03 bits per heavy atom. The van der Waals surface area contributed by atoms with Crippen molar-refractivity contribution in [3.8, 4) is 0 Å². The Bertz CT molecular complexity index is 956. The minimum absolute atomic E-state index is 0.00692. The molecule has 2 aromatic heterocycles. The summed E-state index contributed by atoms with van der Waals surface area (Å²) in [5.74, 6) is 1.35. The van der Waals surface area contributed by atoms with Gasteiger partial charge in [-0.25, -0.2) is 0 Å². The van der Waals surface area contributed by atoms with E-state index < -0.39 is 0 Å². The summed E-state index contributed by atoms with van der Waals surface area (Å²) in [5.41, 5.74) is 1.73. The molecule has 2 heterocycles. The topological polar surface area (TPSA) is 97.1 Å². The largest absolute Gasteiger partial charge is 0.469 e. The maximum absolute atomic E-state index is 12.3. The predicted molar refractivity (Wildman–Crippen MR) is 115 cm³/mol. The number of nitrogens with zero attached hydrogens (tertiary/aromatic N) is 2. The summed E-state index contributed by atoms with van der Waals surface area (Å²) < 4.78 is 5.29. The molecule has 0 fully saturated rings. The monoisotopic (exact) mass is 430 g/mol. The van der Waals surface area contributed by atoms with Crippen LogP contribution in [0.5, 0.6) is 0 Å². The van der Waals surface area contributed by atoms with E-state index in [2.05, 4.69) is 20.8 Å². The number of anilines is 1. The van der Waals surface area contributed by atoms with Crippen LogP contribution in [0.2, 0.25) is 0 Å². The molecule has 1 atom stereocenters. The van der Waals surface area contributed by atoms with Crippen LogP contribution in [-0.2, 0) is 17.0 Å². The summed E-state index contributed by atoms with van der Waals surface area (Å²) in [7, 11) is 0. The average Bonchev–Trinajstić information content (AvgIpc) is 3.35. The molecule has 29 heavy (non-hydrogen) atoms. The molecule has 7 nitrogen and oxygen atoms in total. The summed E-state index contributed by atoms with van der Waals surface area (Å²) in [6.45, 7) is 3.87. The van der Waals surface area contributed by atoms with Crippen molar-refractivity contribution in [1.82, 2.24) is 15.5 Å². The van der Waals surface area contributed by atoms with Crippen LogP contribution >= 0.6 is 23.1 Å². The van der Waals surface area contributed by atoms with E-state index in [1.807, 2.05) is 50.2 Å². The van der Waals surface area contributed by atoms with Gasteiger partial charge < -0.3 is 15.1 Å². The summed E-state index contributed by atoms with van der Waals surface area (Å²) in [6.07, 6.45) is 2.27. The highest BCUT2D eigenvalue weighted by Crippen LogP contribution is 2.19. The van der Waals surface area contributed by atoms with Crippen molar-refractivity contribution in [2.24, 2.45) is 0 Å². The van der Waals surface area contributed by atoms with Gasteiger partial charge in [-0.3, -0.25) is 9.59 Å². The Balaban J connectivity index is 1.41. The fourth-order valence-electron chi connectivity index (χ4n) is 2.62. The maximum Gasteiger partial charge on any atom is 0.286 e. The van der Waals surface area contributed by atoms with Gasteiger partial charge in [0.05, 0.1) is 12.0 Å². The average molecular weight is 431 g/mol. The van der Waals surface area contributed by atoms with Gasteiger partial charge in [0.25, 0.3) is 5.91 Å². The first-order valence-electron chi connectivity index (χ1n) is 9.10. The number of furan rings is 1. The fourth-order valence-corrected chi connectivity index (χ4v) is 4.24. The molecule has 2 N–H and O–H groups in total. The highest BCUT2D eigenvalue weighted by atomic mass is 32.2. The molecule has 0 bridgehead atoms. The van der Waals surface area contributed by atoms with Crippen molar-refractivity contribution in [2.75, 3.05) is 11.1 Å². The van der Waals surface area contributed by atoms with Crippen LogP contribution in [-0.4, -0.2) is 33.8 Å². The zero-order valence-corrected chi connectivity index (χ0v) is 17.8. The molecule has 0 aliphatic heterocycles. The number of carbonyl (C=O) groups excluding carboxylic acids is 2. The number of carbonyl (C=O) groups is 2. The van der Waals surface area contributed by atoms with Gasteiger partial charge in [-0.1, -0.05) is 29.5 Å². The molecule has 0 radical (unpaired) electrons. The lowest BCUT2D eigenvalue weighted by Crippen LogP contribution is -2.35. The molecule has 0 aliphatic rings. The SMILES string of the molecule is Cc1ccccc1NC(=O)c1nnc(CSCC(=O)N[C@@H](C)Cc2ccco2)s1. The second-order valence-electron chi connectivity index (χ2n) is 6.51. The number of nitrogens with one attached hydrogen (secondary N) is 2. The smallest absolute Gasteiger partial charge is 0.286 e. The standard InChI is InChI=1S/C20H22N4O3S2/c1-13-6-3-4-8-16(13)22-19(26)20-24-23-18(29-20)12-28-11-17(25)21-14(2)10-15-7-5-9-27-15/h3-9,14H,10-12H2,1-2H3,(H,21,25)(H,22,26)/t14-/m0/s1. The lowest BCUT2D eigenvalue weighted by molar-refractivity contribution is -0.119. The molecular formula is C20H22N4O3S2. The normalized spacial score (nSPS) is 11.8. The van der Waals surface area contributed by atoms with Crippen LogP contribution in [0.25, 0.3) is 0 Å². The number of amides is 2. The summed E-state index contributed by atoms with van der Waals surface area (Å²) in [4.78, 5) is 24.4. The van der Waals surface area contributed by atoms with Crippen molar-refractivity contribution >= 4 is 40.6 Å². The van der Waals surface area contributed by atoms with E-state index >= 15 is 0 Å². The summed E-state index contributed by atoms with van der Waals surface area (Å²) in [5, 5.41) is 14.8. The van der Waals surface area contributed by atoms with Crippen LogP contribution in [0.15, 0.2) is 47.1 Å². The first kappa shape index (κ1) is 21.1. The van der Waals surface area contributed by atoms with E-state index in [0.29, 0.717) is 27.9 Å². The van der Waals surface area contributed by atoms with E-state index in [-0.39, 0.29) is 17.9 Å². The maximum atomic E-state index is 12.3. The third-order valence-electron chi connectivity index (χ3n) is 4.01. The molecule has 2 amide bonds. The molecule has 3 rings (SSSR count). The highest BCUT2D eigenvalue weighted by molar-refractivity contribution is 7.99. The van der Waals surface area contributed by atoms with Crippen molar-refractivity contribution < 1.29 is 14.0 Å². The molecule has 0 saturated heterocycles. The molecule has 152 valence electrons. The number of hydrogen-bond donors (Lipinski definition) is 2. The van der Waals surface area contributed by atoms with E-state index in [4.69, 9.17) is 4.42 Å². The van der Waals surface area contributed by atoms with Crippen molar-refractivity contribution in [2.45, 2.75) is 32.1 Å². The Morgan fingerprint density at radius 3 is 2.79 bits per heavy atom. The molecule has 9 heteroatoms. The van der Waals surface area contributed by atoms with Crippen LogP contribution in [0, 0.1) is 6.92 Å². The summed E-state index contributed by atoms with van der Waals surface area (Å²) in [6, 6.07) is 11.3. The molecule has 0 aliphatic carbocycles. The van der Waals surface area contributed by atoms with Crippen molar-refractivity contribution in [3.05, 3.63) is 64.0 Å². The fraction of sp³-hybridized carbons (Fsp3) is 0.300. The second kappa shape index (κ2) is 10.2. The van der Waals surface area contributed by atoms with Crippen LogP contribution < -0.4 is 10.6 Å². The van der Waals surface area contributed by atoms with E-state index in [1.54, 1.807) is 6.26 Å². The van der Waals surface area contributed by atoms with Crippen LogP contribution in [0.3, 0.4) is 0 Å². The zero-order chi connectivity index (χ0) is 20.6. The van der Waals surface area contributed by atoms with Gasteiger partial charge in [0.15, 0.2) is 0 Å². The third kappa shape index (κ3) is 6.43. The Kier molecular flexibility index (Phi) is 7.42. The number of hydrogen-bond acceptors (Lipinski definition) is 7. The lowest BCUT2D eigenvalue weighted by atomic mass is 10.2. The lowest BCUT2D eigenvalue weighted by Gasteiger charge is -2.12. The van der Waals surface area contributed by atoms with Gasteiger partial charge in [-0.05, 0) is 37.6 Å². The number of aromatic nitrogens is 2. The third-order valence-corrected chi connectivity index (χ3v) is 6.06. The highest BCUT2D eigenvalue weighted by Gasteiger charge is 2.15. The zero-order valence-electron chi connectivity index (χ0n) is 16.2. The van der Waals surface area contributed by atoms with Crippen molar-refractivity contribution in [3.63, 3.8) is 0 Å².